The van der Waals surface area contributed by atoms with E-state index in [2.05, 4.69) is 24.0 Å². The first-order chi connectivity index (χ1) is 14.9. The Bertz CT molecular complexity index is 1170. The van der Waals surface area contributed by atoms with Crippen molar-refractivity contribution in [2.45, 2.75) is 33.3 Å². The largest absolute Gasteiger partial charge is 0.497 e. The molecule has 2 aromatic rings. The Morgan fingerprint density at radius 2 is 1.97 bits per heavy atom. The van der Waals surface area contributed by atoms with Gasteiger partial charge in [0, 0.05) is 42.4 Å². The Labute approximate surface area is 181 Å². The van der Waals surface area contributed by atoms with Gasteiger partial charge >= 0.3 is 11.6 Å². The Morgan fingerprint density at radius 3 is 2.71 bits per heavy atom. The third kappa shape index (κ3) is 4.15. The minimum absolute atomic E-state index is 0.215. The van der Waals surface area contributed by atoms with Crippen LogP contribution < -0.4 is 10.5 Å². The van der Waals surface area contributed by atoms with Crippen molar-refractivity contribution in [1.29, 1.82) is 0 Å². The highest BCUT2D eigenvalue weighted by molar-refractivity contribution is 5.83. The first-order valence-electron chi connectivity index (χ1n) is 10.6. The van der Waals surface area contributed by atoms with Gasteiger partial charge in [0.1, 0.15) is 17.4 Å². The monoisotopic (exact) mass is 421 g/mol. The first kappa shape index (κ1) is 21.0. The predicted molar refractivity (Wildman–Crippen MR) is 120 cm³/mol. The molecule has 1 aliphatic heterocycles. The van der Waals surface area contributed by atoms with Gasteiger partial charge in [0.05, 0.1) is 13.0 Å². The summed E-state index contributed by atoms with van der Waals surface area (Å²) in [5, 5.41) is 0.943. The summed E-state index contributed by atoms with van der Waals surface area (Å²) in [5.74, 6) is 0.275. The van der Waals surface area contributed by atoms with Gasteiger partial charge in [0.15, 0.2) is 0 Å². The minimum atomic E-state index is -0.378. The lowest BCUT2D eigenvalue weighted by molar-refractivity contribution is -0.149. The number of carbonyl (C=O) groups excluding carboxylic acids is 1. The summed E-state index contributed by atoms with van der Waals surface area (Å²) in [7, 11) is 1.63. The summed E-state index contributed by atoms with van der Waals surface area (Å²) in [6.45, 7) is 7.42. The third-order valence-corrected chi connectivity index (χ3v) is 5.90. The minimum Gasteiger partial charge on any atom is -0.497 e. The topological polar surface area (TPSA) is 69.0 Å². The first-order valence-corrected chi connectivity index (χ1v) is 10.6. The van der Waals surface area contributed by atoms with Crippen molar-refractivity contribution < 1.29 is 18.7 Å². The van der Waals surface area contributed by atoms with Crippen molar-refractivity contribution in [2.75, 3.05) is 25.1 Å². The third-order valence-electron chi connectivity index (χ3n) is 5.90. The van der Waals surface area contributed by atoms with Gasteiger partial charge in [-0.25, -0.2) is 4.79 Å². The maximum absolute atomic E-state index is 11.9. The van der Waals surface area contributed by atoms with Crippen LogP contribution in [0.2, 0.25) is 0 Å². The maximum Gasteiger partial charge on any atom is 0.336 e. The van der Waals surface area contributed by atoms with Crippen molar-refractivity contribution in [3.63, 3.8) is 0 Å². The van der Waals surface area contributed by atoms with Crippen LogP contribution in [0.3, 0.4) is 0 Å². The van der Waals surface area contributed by atoms with Crippen molar-refractivity contribution in [3.8, 4) is 0 Å². The van der Waals surface area contributed by atoms with Crippen molar-refractivity contribution in [3.05, 3.63) is 75.4 Å². The van der Waals surface area contributed by atoms with E-state index < -0.39 is 0 Å². The van der Waals surface area contributed by atoms with Gasteiger partial charge in [-0.3, -0.25) is 4.79 Å². The Hall–Kier alpha value is -3.28. The fourth-order valence-corrected chi connectivity index (χ4v) is 4.16. The maximum atomic E-state index is 11.9. The average Bonchev–Trinajstić information content (AvgIpc) is 2.74. The van der Waals surface area contributed by atoms with E-state index >= 15 is 0 Å². The van der Waals surface area contributed by atoms with Crippen LogP contribution >= 0.6 is 0 Å². The van der Waals surface area contributed by atoms with Crippen LogP contribution in [0, 0.1) is 12.8 Å². The normalized spacial score (nSPS) is 20.4. The molecule has 0 saturated carbocycles. The highest BCUT2D eigenvalue weighted by atomic mass is 16.5. The lowest BCUT2D eigenvalue weighted by Crippen LogP contribution is -2.30. The van der Waals surface area contributed by atoms with E-state index in [-0.39, 0.29) is 23.6 Å². The number of carbonyl (C=O) groups is 1. The lowest BCUT2D eigenvalue weighted by Gasteiger charge is -2.29. The van der Waals surface area contributed by atoms with E-state index in [0.717, 1.165) is 53.1 Å². The van der Waals surface area contributed by atoms with E-state index in [0.29, 0.717) is 5.58 Å². The number of hydrogen-bond donors (Lipinski definition) is 0. The second-order valence-corrected chi connectivity index (χ2v) is 7.98. The van der Waals surface area contributed by atoms with Crippen LogP contribution in [-0.2, 0) is 14.3 Å². The quantitative estimate of drug-likeness (QED) is 0.512. The fourth-order valence-electron chi connectivity index (χ4n) is 4.16. The van der Waals surface area contributed by atoms with E-state index in [1.165, 1.54) is 6.07 Å². The molecule has 0 amide bonds. The van der Waals surface area contributed by atoms with Crippen molar-refractivity contribution in [2.24, 2.45) is 5.92 Å². The number of fused-ring (bicyclic) bond motifs is 2. The molecule has 0 spiro atoms. The zero-order valence-electron chi connectivity index (χ0n) is 18.3. The molecule has 1 aromatic carbocycles. The van der Waals surface area contributed by atoms with Crippen molar-refractivity contribution in [1.82, 2.24) is 0 Å². The number of rotatable bonds is 6. The van der Waals surface area contributed by atoms with E-state index in [1.54, 1.807) is 7.11 Å². The van der Waals surface area contributed by atoms with Crippen LogP contribution in [0.25, 0.3) is 11.0 Å². The number of aryl methyl sites for hydroxylation is 1. The highest BCUT2D eigenvalue weighted by Gasteiger charge is 2.30. The van der Waals surface area contributed by atoms with Crippen LogP contribution in [0.15, 0.2) is 68.6 Å². The zero-order valence-corrected chi connectivity index (χ0v) is 18.3. The number of benzene rings is 1. The molecule has 1 aliphatic carbocycles. The predicted octanol–water partition coefficient (Wildman–Crippen LogP) is 4.28. The number of esters is 1. The van der Waals surface area contributed by atoms with Crippen LogP contribution in [-0.4, -0.2) is 32.3 Å². The number of anilines is 1. The average molecular weight is 421 g/mol. The molecular weight excluding hydrogens is 394 g/mol. The molecule has 0 fully saturated rings. The lowest BCUT2D eigenvalue weighted by atomic mass is 9.91. The Morgan fingerprint density at radius 1 is 1.16 bits per heavy atom. The molecule has 162 valence electrons. The van der Waals surface area contributed by atoms with Gasteiger partial charge < -0.3 is 18.8 Å². The van der Waals surface area contributed by atoms with Crippen LogP contribution in [0.1, 0.15) is 25.8 Å². The standard InChI is InChI=1S/C25H27NO5/c1-5-26(19-6-7-20-15(2)11-24(27)30-23(20)13-19)9-8-17-12-18-10-16(3)25(28)31-22(18)14-21(17)29-4/h6-7,10-14,16,22H,5,8-9H2,1-4H3. The molecule has 2 aliphatic rings. The van der Waals surface area contributed by atoms with E-state index in [1.807, 2.05) is 38.1 Å². The molecule has 2 atom stereocenters. The summed E-state index contributed by atoms with van der Waals surface area (Å²) >= 11 is 0. The molecule has 2 unspecified atom stereocenters. The molecular formula is C25H27NO5. The number of ether oxygens (including phenoxy) is 2. The summed E-state index contributed by atoms with van der Waals surface area (Å²) in [4.78, 5) is 25.9. The van der Waals surface area contributed by atoms with E-state index in [9.17, 15) is 9.59 Å². The smallest absolute Gasteiger partial charge is 0.336 e. The molecule has 2 heterocycles. The second-order valence-electron chi connectivity index (χ2n) is 7.98. The number of hydrogen-bond acceptors (Lipinski definition) is 6. The summed E-state index contributed by atoms with van der Waals surface area (Å²) in [6.07, 6.45) is 6.29. The van der Waals surface area contributed by atoms with Crippen LogP contribution in [0.5, 0.6) is 0 Å². The number of nitrogens with zero attached hydrogens (tertiary/aromatic N) is 1. The fraction of sp³-hybridized carbons (Fsp3) is 0.360. The van der Waals surface area contributed by atoms with Gasteiger partial charge in [-0.05, 0) is 62.1 Å². The molecule has 0 saturated heterocycles. The summed E-state index contributed by atoms with van der Waals surface area (Å²) in [5.41, 5.74) is 4.23. The van der Waals surface area contributed by atoms with Gasteiger partial charge in [0.25, 0.3) is 0 Å². The molecule has 31 heavy (non-hydrogen) atoms. The molecule has 0 bridgehead atoms. The Balaban J connectivity index is 1.57. The zero-order chi connectivity index (χ0) is 22.1. The van der Waals surface area contributed by atoms with E-state index in [4.69, 9.17) is 13.9 Å². The molecule has 6 heteroatoms. The van der Waals surface area contributed by atoms with Gasteiger partial charge in [0.2, 0.25) is 0 Å². The second kappa shape index (κ2) is 8.46. The van der Waals surface area contributed by atoms with Crippen molar-refractivity contribution >= 4 is 22.6 Å². The molecule has 1 aromatic heterocycles. The molecule has 0 radical (unpaired) electrons. The SMILES string of the molecule is CCN(CCC1=CC2=CC(C)C(=O)OC2C=C1OC)c1ccc2c(C)cc(=O)oc2c1. The van der Waals surface area contributed by atoms with Gasteiger partial charge in [-0.1, -0.05) is 6.08 Å². The molecule has 0 N–H and O–H groups in total. The van der Waals surface area contributed by atoms with Gasteiger partial charge in [-0.15, -0.1) is 0 Å². The molecule has 4 rings (SSSR count). The summed E-state index contributed by atoms with van der Waals surface area (Å²) < 4.78 is 16.5. The highest BCUT2D eigenvalue weighted by Crippen LogP contribution is 2.32. The molecule has 6 nitrogen and oxygen atoms in total. The number of methoxy groups -OCH3 is 1. The number of allylic oxidation sites excluding steroid dienone is 1. The van der Waals surface area contributed by atoms with Crippen LogP contribution in [0.4, 0.5) is 5.69 Å². The Kier molecular flexibility index (Phi) is 5.72. The van der Waals surface area contributed by atoms with Gasteiger partial charge in [-0.2, -0.15) is 0 Å². The summed E-state index contributed by atoms with van der Waals surface area (Å²) in [6, 6.07) is 7.50.